The minimum absolute atomic E-state index is 0.0856. The number of aliphatic hydroxyl groups excluding tert-OH is 1. The normalized spacial score (nSPS) is 14.3. The van der Waals surface area contributed by atoms with Crippen molar-refractivity contribution >= 4 is 39.5 Å². The van der Waals surface area contributed by atoms with Crippen molar-refractivity contribution < 1.29 is 80.2 Å². The number of hydrogen-bond acceptors (Lipinski definition) is 15. The SMILES string of the molecule is CCCCCC/C=C\C=C/CCCCCCCC(=O)O[C@H](COC(=O)CCCCCCCCCCCCCC)COP(=O)(O)OC[C@@H](O)COP(=O)(O)OC[C@@H](COC(=O)CCCCCCCCCCC)OC(=O)CCCCCCCCCCCC. The van der Waals surface area contributed by atoms with Gasteiger partial charge in [0, 0.05) is 25.7 Å². The summed E-state index contributed by atoms with van der Waals surface area (Å²) in [6.45, 7) is 4.83. The Morgan fingerprint density at radius 2 is 0.558 bits per heavy atom. The Morgan fingerprint density at radius 3 is 0.849 bits per heavy atom. The first-order chi connectivity index (χ1) is 41.7. The lowest BCUT2D eigenvalue weighted by molar-refractivity contribution is -0.161. The van der Waals surface area contributed by atoms with Gasteiger partial charge in [0.2, 0.25) is 0 Å². The molecule has 0 spiro atoms. The summed E-state index contributed by atoms with van der Waals surface area (Å²) in [7, 11) is -9.90. The van der Waals surface area contributed by atoms with Crippen LogP contribution in [0, 0.1) is 0 Å². The Kier molecular flexibility index (Phi) is 59.6. The number of rotatable bonds is 66. The fourth-order valence-electron chi connectivity index (χ4n) is 9.62. The Labute approximate surface area is 522 Å². The predicted molar refractivity (Wildman–Crippen MR) is 345 cm³/mol. The molecule has 19 heteroatoms. The van der Waals surface area contributed by atoms with Gasteiger partial charge in [-0.1, -0.05) is 270 Å². The first-order valence-corrected chi connectivity index (χ1v) is 37.6. The van der Waals surface area contributed by atoms with Gasteiger partial charge in [-0.15, -0.1) is 0 Å². The van der Waals surface area contributed by atoms with Gasteiger partial charge in [0.1, 0.15) is 19.3 Å². The number of allylic oxidation sites excluding steroid dienone is 4. The van der Waals surface area contributed by atoms with Crippen molar-refractivity contribution in [3.63, 3.8) is 0 Å². The van der Waals surface area contributed by atoms with Gasteiger partial charge in [-0.3, -0.25) is 37.3 Å². The smallest absolute Gasteiger partial charge is 0.462 e. The summed E-state index contributed by atoms with van der Waals surface area (Å²) in [6.07, 6.45) is 50.6. The molecule has 0 fully saturated rings. The standard InChI is InChI=1S/C67H126O17P2/c1-5-9-13-17-21-25-28-30-31-32-34-38-42-46-50-54-67(72)84-63(58-78-65(70)52-48-44-40-37-33-29-26-22-18-14-10-6-2)60-82-86(75,76)80-56-61(68)55-79-85(73,74)81-59-62(57-77-64(69)51-47-43-39-35-24-20-16-12-8-4)83-66(71)53-49-45-41-36-27-23-19-15-11-7-3/h25,28,30-31,61-63,68H,5-24,26-27,29,32-60H2,1-4H3,(H,73,74)(H,75,76)/b28-25-,31-30-/t61-,62+,63+/m0/s1. The molecule has 0 aromatic heterocycles. The lowest BCUT2D eigenvalue weighted by atomic mass is 10.0. The molecule has 0 aliphatic carbocycles. The molecule has 506 valence electrons. The number of esters is 4. The van der Waals surface area contributed by atoms with Crippen LogP contribution in [0.2, 0.25) is 0 Å². The minimum atomic E-state index is -4.95. The van der Waals surface area contributed by atoms with Crippen molar-refractivity contribution in [1.82, 2.24) is 0 Å². The number of phosphoric acid groups is 2. The highest BCUT2D eigenvalue weighted by Crippen LogP contribution is 2.45. The van der Waals surface area contributed by atoms with Crippen molar-refractivity contribution in [1.29, 1.82) is 0 Å². The molecular weight excluding hydrogens is 1140 g/mol. The van der Waals surface area contributed by atoms with Crippen LogP contribution < -0.4 is 0 Å². The summed E-state index contributed by atoms with van der Waals surface area (Å²) in [5, 5.41) is 10.5. The summed E-state index contributed by atoms with van der Waals surface area (Å²) in [5.41, 5.74) is 0. The van der Waals surface area contributed by atoms with E-state index in [0.29, 0.717) is 25.7 Å². The van der Waals surface area contributed by atoms with E-state index < -0.39 is 97.5 Å². The number of phosphoric ester groups is 2. The predicted octanol–water partition coefficient (Wildman–Crippen LogP) is 18.7. The number of unbranched alkanes of at least 4 members (excludes halogenated alkanes) is 37. The van der Waals surface area contributed by atoms with Crippen LogP contribution in [0.3, 0.4) is 0 Å². The highest BCUT2D eigenvalue weighted by molar-refractivity contribution is 7.47. The second kappa shape index (κ2) is 61.4. The van der Waals surface area contributed by atoms with Crippen LogP contribution in [0.4, 0.5) is 0 Å². The molecule has 0 saturated carbocycles. The highest BCUT2D eigenvalue weighted by atomic mass is 31.2. The van der Waals surface area contributed by atoms with Crippen molar-refractivity contribution in [2.45, 2.75) is 341 Å². The molecule has 3 N–H and O–H groups in total. The second-order valence-electron chi connectivity index (χ2n) is 23.5. The number of hydrogen-bond donors (Lipinski definition) is 3. The fraction of sp³-hybridized carbons (Fsp3) is 0.881. The molecule has 0 heterocycles. The van der Waals surface area contributed by atoms with Crippen LogP contribution in [0.15, 0.2) is 24.3 Å². The molecule has 86 heavy (non-hydrogen) atoms. The second-order valence-corrected chi connectivity index (χ2v) is 26.4. The molecule has 0 aliphatic heterocycles. The highest BCUT2D eigenvalue weighted by Gasteiger charge is 2.30. The van der Waals surface area contributed by atoms with Gasteiger partial charge in [-0.05, 0) is 51.4 Å². The molecular formula is C67H126O17P2. The van der Waals surface area contributed by atoms with Gasteiger partial charge in [0.25, 0.3) is 0 Å². The zero-order chi connectivity index (χ0) is 63.3. The summed E-state index contributed by atoms with van der Waals surface area (Å²) in [5.74, 6) is -2.16. The average molecular weight is 1270 g/mol. The molecule has 2 unspecified atom stereocenters. The van der Waals surface area contributed by atoms with Crippen LogP contribution in [0.1, 0.15) is 323 Å². The van der Waals surface area contributed by atoms with E-state index in [1.165, 1.54) is 141 Å². The van der Waals surface area contributed by atoms with E-state index in [4.69, 9.17) is 37.0 Å². The third-order valence-electron chi connectivity index (χ3n) is 15.0. The maximum Gasteiger partial charge on any atom is 0.472 e. The lowest BCUT2D eigenvalue weighted by Crippen LogP contribution is -2.30. The summed E-state index contributed by atoms with van der Waals surface area (Å²) in [6, 6.07) is 0. The third kappa shape index (κ3) is 60.5. The fourth-order valence-corrected chi connectivity index (χ4v) is 11.2. The van der Waals surface area contributed by atoms with Crippen molar-refractivity contribution in [2.75, 3.05) is 39.6 Å². The zero-order valence-corrected chi connectivity index (χ0v) is 56.6. The van der Waals surface area contributed by atoms with Crippen LogP contribution in [-0.2, 0) is 65.4 Å². The van der Waals surface area contributed by atoms with E-state index in [9.17, 15) is 43.2 Å². The van der Waals surface area contributed by atoms with E-state index >= 15 is 0 Å². The van der Waals surface area contributed by atoms with Crippen LogP contribution >= 0.6 is 15.6 Å². The minimum Gasteiger partial charge on any atom is -0.462 e. The number of ether oxygens (including phenoxy) is 4. The first-order valence-electron chi connectivity index (χ1n) is 34.6. The van der Waals surface area contributed by atoms with Gasteiger partial charge in [-0.25, -0.2) is 9.13 Å². The summed E-state index contributed by atoms with van der Waals surface area (Å²) >= 11 is 0. The summed E-state index contributed by atoms with van der Waals surface area (Å²) < 4.78 is 68.0. The van der Waals surface area contributed by atoms with E-state index in [2.05, 4.69) is 52.0 Å². The maximum absolute atomic E-state index is 13.0. The Hall–Kier alpha value is -2.46. The molecule has 0 aliphatic rings. The monoisotopic (exact) mass is 1260 g/mol. The van der Waals surface area contributed by atoms with E-state index in [-0.39, 0.29) is 25.7 Å². The Balaban J connectivity index is 5.27. The topological polar surface area (TPSA) is 237 Å². The molecule has 0 bridgehead atoms. The van der Waals surface area contributed by atoms with E-state index in [0.717, 1.165) is 103 Å². The maximum atomic E-state index is 13.0. The van der Waals surface area contributed by atoms with Crippen LogP contribution in [-0.4, -0.2) is 96.7 Å². The molecule has 0 saturated heterocycles. The molecule has 0 radical (unpaired) electrons. The van der Waals surface area contributed by atoms with Crippen molar-refractivity contribution in [3.05, 3.63) is 24.3 Å². The van der Waals surface area contributed by atoms with E-state index in [1.54, 1.807) is 0 Å². The molecule has 0 aromatic rings. The third-order valence-corrected chi connectivity index (χ3v) is 16.9. The van der Waals surface area contributed by atoms with Gasteiger partial charge < -0.3 is 33.8 Å². The van der Waals surface area contributed by atoms with Gasteiger partial charge in [-0.2, -0.15) is 0 Å². The molecule has 17 nitrogen and oxygen atoms in total. The van der Waals surface area contributed by atoms with Crippen molar-refractivity contribution in [2.24, 2.45) is 0 Å². The van der Waals surface area contributed by atoms with Gasteiger partial charge in [0.05, 0.1) is 26.4 Å². The molecule has 0 aromatic carbocycles. The average Bonchev–Trinajstić information content (AvgIpc) is 3.51. The quantitative estimate of drug-likeness (QED) is 0.0169. The Morgan fingerprint density at radius 1 is 0.326 bits per heavy atom. The van der Waals surface area contributed by atoms with Crippen LogP contribution in [0.25, 0.3) is 0 Å². The number of carbonyl (C=O) groups is 4. The number of aliphatic hydroxyl groups is 1. The van der Waals surface area contributed by atoms with E-state index in [1.807, 2.05) is 0 Å². The lowest BCUT2D eigenvalue weighted by Gasteiger charge is -2.21. The van der Waals surface area contributed by atoms with Gasteiger partial charge >= 0.3 is 39.5 Å². The molecule has 0 amide bonds. The molecule has 5 atom stereocenters. The first kappa shape index (κ1) is 83.5. The summed E-state index contributed by atoms with van der Waals surface area (Å²) in [4.78, 5) is 72.3. The molecule has 0 rings (SSSR count). The zero-order valence-electron chi connectivity index (χ0n) is 54.8. The largest absolute Gasteiger partial charge is 0.472 e. The van der Waals surface area contributed by atoms with Crippen molar-refractivity contribution in [3.8, 4) is 0 Å². The van der Waals surface area contributed by atoms with Crippen LogP contribution in [0.5, 0.6) is 0 Å². The number of carbonyl (C=O) groups excluding carboxylic acids is 4. The Bertz CT molecular complexity index is 1750. The van der Waals surface area contributed by atoms with Gasteiger partial charge in [0.15, 0.2) is 12.2 Å².